The maximum absolute atomic E-state index is 11.9. The Labute approximate surface area is 111 Å². The largest absolute Gasteiger partial charge is 0.370 e. The highest BCUT2D eigenvalue weighted by atomic mass is 16.1. The Balaban J connectivity index is 1.98. The smallest absolute Gasteiger partial charge is 0.270 e. The highest BCUT2D eigenvalue weighted by Gasteiger charge is 2.07. The molecule has 2 aromatic rings. The number of rotatable bonds is 5. The Kier molecular flexibility index (Phi) is 4.39. The molecule has 2 N–H and O–H groups in total. The standard InChI is InChI=1S/C13H15N5O/c1-2-14-12-7-3-6-11(17-12)13(19)15-9-10-5-4-8-16-18-10/h3-8H,2,9H2,1H3,(H,14,17)(H,15,19). The highest BCUT2D eigenvalue weighted by molar-refractivity contribution is 5.92. The number of aromatic nitrogens is 3. The number of carbonyl (C=O) groups is 1. The molecular weight excluding hydrogens is 242 g/mol. The fourth-order valence-corrected chi connectivity index (χ4v) is 1.53. The second kappa shape index (κ2) is 6.44. The topological polar surface area (TPSA) is 79.8 Å². The van der Waals surface area contributed by atoms with E-state index in [1.54, 1.807) is 30.5 Å². The summed E-state index contributed by atoms with van der Waals surface area (Å²) in [4.78, 5) is 16.1. The molecule has 98 valence electrons. The summed E-state index contributed by atoms with van der Waals surface area (Å²) in [6, 6.07) is 8.87. The van der Waals surface area contributed by atoms with E-state index in [0.717, 1.165) is 6.54 Å². The maximum Gasteiger partial charge on any atom is 0.270 e. The number of amides is 1. The van der Waals surface area contributed by atoms with Crippen LogP contribution in [-0.4, -0.2) is 27.6 Å². The van der Waals surface area contributed by atoms with Crippen LogP contribution in [0.25, 0.3) is 0 Å². The summed E-state index contributed by atoms with van der Waals surface area (Å²) in [5, 5.41) is 13.5. The number of hydrogen-bond acceptors (Lipinski definition) is 5. The van der Waals surface area contributed by atoms with E-state index in [4.69, 9.17) is 0 Å². The Morgan fingerprint density at radius 2 is 2.16 bits per heavy atom. The van der Waals surface area contributed by atoms with Crippen LogP contribution in [-0.2, 0) is 6.54 Å². The van der Waals surface area contributed by atoms with Gasteiger partial charge in [-0.05, 0) is 31.2 Å². The predicted octanol–water partition coefficient (Wildman–Crippen LogP) is 1.23. The summed E-state index contributed by atoms with van der Waals surface area (Å²) in [6.07, 6.45) is 1.59. The van der Waals surface area contributed by atoms with Crippen LogP contribution in [0.1, 0.15) is 23.1 Å². The number of hydrogen-bond donors (Lipinski definition) is 2. The zero-order valence-electron chi connectivity index (χ0n) is 10.6. The van der Waals surface area contributed by atoms with Crippen molar-refractivity contribution in [2.24, 2.45) is 0 Å². The molecule has 1 amide bonds. The van der Waals surface area contributed by atoms with E-state index in [1.165, 1.54) is 0 Å². The van der Waals surface area contributed by atoms with Crippen molar-refractivity contribution < 1.29 is 4.79 Å². The van der Waals surface area contributed by atoms with Crippen LogP contribution in [0.15, 0.2) is 36.5 Å². The van der Waals surface area contributed by atoms with Gasteiger partial charge in [0, 0.05) is 12.7 Å². The van der Waals surface area contributed by atoms with E-state index in [2.05, 4.69) is 25.8 Å². The van der Waals surface area contributed by atoms with Gasteiger partial charge in [-0.25, -0.2) is 4.98 Å². The highest BCUT2D eigenvalue weighted by Crippen LogP contribution is 2.04. The number of nitrogens with one attached hydrogen (secondary N) is 2. The van der Waals surface area contributed by atoms with Gasteiger partial charge >= 0.3 is 0 Å². The van der Waals surface area contributed by atoms with E-state index >= 15 is 0 Å². The predicted molar refractivity (Wildman–Crippen MR) is 71.6 cm³/mol. The first kappa shape index (κ1) is 12.9. The molecule has 2 rings (SSSR count). The second-order valence-electron chi connectivity index (χ2n) is 3.84. The molecule has 0 saturated heterocycles. The summed E-state index contributed by atoms with van der Waals surface area (Å²) < 4.78 is 0. The SMILES string of the molecule is CCNc1cccc(C(=O)NCc2cccnn2)n1. The molecule has 2 aromatic heterocycles. The van der Waals surface area contributed by atoms with Crippen LogP contribution >= 0.6 is 0 Å². The van der Waals surface area contributed by atoms with Crippen LogP contribution in [0.4, 0.5) is 5.82 Å². The molecule has 0 aliphatic carbocycles. The molecule has 0 fully saturated rings. The lowest BCUT2D eigenvalue weighted by Crippen LogP contribution is -2.24. The average molecular weight is 257 g/mol. The van der Waals surface area contributed by atoms with Gasteiger partial charge < -0.3 is 10.6 Å². The van der Waals surface area contributed by atoms with E-state index in [0.29, 0.717) is 23.8 Å². The second-order valence-corrected chi connectivity index (χ2v) is 3.84. The first-order valence-electron chi connectivity index (χ1n) is 6.05. The maximum atomic E-state index is 11.9. The Hall–Kier alpha value is -2.50. The van der Waals surface area contributed by atoms with Crippen molar-refractivity contribution in [3.63, 3.8) is 0 Å². The summed E-state index contributed by atoms with van der Waals surface area (Å²) in [5.41, 5.74) is 1.08. The van der Waals surface area contributed by atoms with Crippen LogP contribution in [0, 0.1) is 0 Å². The van der Waals surface area contributed by atoms with E-state index < -0.39 is 0 Å². The van der Waals surface area contributed by atoms with E-state index in [-0.39, 0.29) is 5.91 Å². The molecule has 6 heteroatoms. The van der Waals surface area contributed by atoms with Crippen molar-refractivity contribution >= 4 is 11.7 Å². The van der Waals surface area contributed by atoms with Gasteiger partial charge in [0.2, 0.25) is 0 Å². The number of nitrogens with zero attached hydrogens (tertiary/aromatic N) is 3. The van der Waals surface area contributed by atoms with Gasteiger partial charge in [0.15, 0.2) is 0 Å². The third-order valence-electron chi connectivity index (χ3n) is 2.40. The minimum Gasteiger partial charge on any atom is -0.370 e. The van der Waals surface area contributed by atoms with Crippen molar-refractivity contribution in [3.05, 3.63) is 47.9 Å². The van der Waals surface area contributed by atoms with E-state index in [1.807, 2.05) is 13.0 Å². The molecule has 0 bridgehead atoms. The molecule has 6 nitrogen and oxygen atoms in total. The fraction of sp³-hybridized carbons (Fsp3) is 0.231. The number of carbonyl (C=O) groups excluding carboxylic acids is 1. The Morgan fingerprint density at radius 1 is 1.26 bits per heavy atom. The van der Waals surface area contributed by atoms with Crippen molar-refractivity contribution in [1.29, 1.82) is 0 Å². The molecule has 0 aliphatic rings. The number of pyridine rings is 1. The van der Waals surface area contributed by atoms with Crippen LogP contribution < -0.4 is 10.6 Å². The van der Waals surface area contributed by atoms with Gasteiger partial charge in [-0.15, -0.1) is 0 Å². The van der Waals surface area contributed by atoms with Gasteiger partial charge in [-0.3, -0.25) is 4.79 Å². The molecular formula is C13H15N5O. The first-order valence-corrected chi connectivity index (χ1v) is 6.05. The first-order chi connectivity index (χ1) is 9.29. The summed E-state index contributed by atoms with van der Waals surface area (Å²) >= 11 is 0. The van der Waals surface area contributed by atoms with Crippen molar-refractivity contribution in [2.75, 3.05) is 11.9 Å². The lowest BCUT2D eigenvalue weighted by atomic mass is 10.3. The summed E-state index contributed by atoms with van der Waals surface area (Å²) in [5.74, 6) is 0.458. The van der Waals surface area contributed by atoms with Gasteiger partial charge in [0.25, 0.3) is 5.91 Å². The molecule has 0 spiro atoms. The third kappa shape index (κ3) is 3.74. The van der Waals surface area contributed by atoms with Crippen molar-refractivity contribution in [1.82, 2.24) is 20.5 Å². The molecule has 19 heavy (non-hydrogen) atoms. The number of anilines is 1. The third-order valence-corrected chi connectivity index (χ3v) is 2.40. The quantitative estimate of drug-likeness (QED) is 0.842. The van der Waals surface area contributed by atoms with Crippen LogP contribution in [0.5, 0.6) is 0 Å². The lowest BCUT2D eigenvalue weighted by Gasteiger charge is -2.06. The molecule has 0 unspecified atom stereocenters. The Morgan fingerprint density at radius 3 is 2.89 bits per heavy atom. The molecule has 0 aromatic carbocycles. The zero-order chi connectivity index (χ0) is 13.5. The molecule has 0 saturated carbocycles. The zero-order valence-corrected chi connectivity index (χ0v) is 10.6. The van der Waals surface area contributed by atoms with Crippen LogP contribution in [0.3, 0.4) is 0 Å². The minimum absolute atomic E-state index is 0.231. The Bertz CT molecular complexity index is 544. The van der Waals surface area contributed by atoms with Gasteiger partial charge in [-0.1, -0.05) is 6.07 Å². The lowest BCUT2D eigenvalue weighted by molar-refractivity contribution is 0.0945. The fourth-order valence-electron chi connectivity index (χ4n) is 1.53. The van der Waals surface area contributed by atoms with Gasteiger partial charge in [0.1, 0.15) is 11.5 Å². The molecule has 0 aliphatic heterocycles. The summed E-state index contributed by atoms with van der Waals surface area (Å²) in [6.45, 7) is 3.07. The monoisotopic (exact) mass is 257 g/mol. The van der Waals surface area contributed by atoms with Crippen molar-refractivity contribution in [3.8, 4) is 0 Å². The molecule has 0 radical (unpaired) electrons. The molecule has 2 heterocycles. The molecule has 0 atom stereocenters. The minimum atomic E-state index is -0.231. The van der Waals surface area contributed by atoms with Crippen LogP contribution in [0.2, 0.25) is 0 Å². The van der Waals surface area contributed by atoms with Gasteiger partial charge in [0.05, 0.1) is 12.2 Å². The van der Waals surface area contributed by atoms with E-state index in [9.17, 15) is 4.79 Å². The van der Waals surface area contributed by atoms with Crippen molar-refractivity contribution in [2.45, 2.75) is 13.5 Å². The summed E-state index contributed by atoms with van der Waals surface area (Å²) in [7, 11) is 0. The van der Waals surface area contributed by atoms with Gasteiger partial charge in [-0.2, -0.15) is 10.2 Å². The average Bonchev–Trinajstić information content (AvgIpc) is 2.46. The normalized spacial score (nSPS) is 9.95.